The summed E-state index contributed by atoms with van der Waals surface area (Å²) in [7, 11) is 0. The van der Waals surface area contributed by atoms with Crippen molar-refractivity contribution in [3.63, 3.8) is 0 Å². The zero-order valence-corrected chi connectivity index (χ0v) is 7.81. The third-order valence-corrected chi connectivity index (χ3v) is 1.85. The van der Waals surface area contributed by atoms with Crippen LogP contribution in [0, 0.1) is 5.92 Å². The highest BCUT2D eigenvalue weighted by Gasteiger charge is 2.04. The van der Waals surface area contributed by atoms with Gasteiger partial charge in [-0.3, -0.25) is 4.79 Å². The number of ketones is 1. The van der Waals surface area contributed by atoms with E-state index in [1.54, 1.807) is 6.92 Å². The van der Waals surface area contributed by atoms with Crippen molar-refractivity contribution in [2.24, 2.45) is 5.92 Å². The maximum Gasteiger partial charge on any atom is 0.133 e. The third-order valence-electron chi connectivity index (χ3n) is 1.85. The Bertz CT molecular complexity index is 112. The maximum atomic E-state index is 10.8. The third kappa shape index (κ3) is 6.05. The predicted octanol–water partition coefficient (Wildman–Crippen LogP) is 1.60. The van der Waals surface area contributed by atoms with Gasteiger partial charge < -0.3 is 5.32 Å². The van der Waals surface area contributed by atoms with E-state index in [0.717, 1.165) is 13.1 Å². The van der Waals surface area contributed by atoms with Gasteiger partial charge in [0.2, 0.25) is 0 Å². The van der Waals surface area contributed by atoms with Crippen molar-refractivity contribution in [1.82, 2.24) is 5.32 Å². The predicted molar refractivity (Wildman–Crippen MR) is 47.6 cm³/mol. The van der Waals surface area contributed by atoms with Crippen LogP contribution in [0.15, 0.2) is 0 Å². The van der Waals surface area contributed by atoms with Gasteiger partial charge in [0.15, 0.2) is 0 Å². The molecule has 0 radical (unpaired) electrons. The molecule has 1 N–H and O–H groups in total. The van der Waals surface area contributed by atoms with Crippen molar-refractivity contribution in [2.75, 3.05) is 13.1 Å². The molecule has 0 amide bonds. The molecule has 0 heterocycles. The molecule has 11 heavy (non-hydrogen) atoms. The van der Waals surface area contributed by atoms with Gasteiger partial charge in [0, 0.05) is 12.5 Å². The summed E-state index contributed by atoms with van der Waals surface area (Å²) in [5.74, 6) is 0.445. The van der Waals surface area contributed by atoms with Crippen molar-refractivity contribution < 1.29 is 4.79 Å². The molecule has 0 aromatic carbocycles. The van der Waals surface area contributed by atoms with E-state index in [-0.39, 0.29) is 11.7 Å². The van der Waals surface area contributed by atoms with Gasteiger partial charge in [-0.15, -0.1) is 0 Å². The molecule has 0 bridgehead atoms. The van der Waals surface area contributed by atoms with Gasteiger partial charge in [-0.25, -0.2) is 0 Å². The minimum atomic E-state index is 0.173. The lowest BCUT2D eigenvalue weighted by Crippen LogP contribution is -2.25. The van der Waals surface area contributed by atoms with E-state index in [1.807, 2.05) is 6.92 Å². The molecule has 0 aromatic heterocycles. The minimum Gasteiger partial charge on any atom is -0.316 e. The summed E-state index contributed by atoms with van der Waals surface area (Å²) in [6.45, 7) is 7.63. The largest absolute Gasteiger partial charge is 0.316 e. The van der Waals surface area contributed by atoms with Crippen LogP contribution >= 0.6 is 0 Å². The molecular formula is C9H19NO. The summed E-state index contributed by atoms with van der Waals surface area (Å²) in [5, 5.41) is 3.25. The lowest BCUT2D eigenvalue weighted by atomic mass is 10.1. The molecule has 0 rings (SSSR count). The zero-order valence-electron chi connectivity index (χ0n) is 7.81. The van der Waals surface area contributed by atoms with Gasteiger partial charge in [-0.05, 0) is 19.9 Å². The average molecular weight is 157 g/mol. The van der Waals surface area contributed by atoms with E-state index in [0.29, 0.717) is 0 Å². The lowest BCUT2D eigenvalue weighted by Gasteiger charge is -2.07. The smallest absolute Gasteiger partial charge is 0.133 e. The summed E-state index contributed by atoms with van der Waals surface area (Å²) in [6, 6.07) is 0. The average Bonchev–Trinajstić information content (AvgIpc) is 1.97. The van der Waals surface area contributed by atoms with E-state index in [1.165, 1.54) is 12.8 Å². The van der Waals surface area contributed by atoms with E-state index >= 15 is 0 Å². The van der Waals surface area contributed by atoms with Crippen LogP contribution in [-0.2, 0) is 4.79 Å². The first kappa shape index (κ1) is 10.6. The first-order chi connectivity index (χ1) is 5.18. The van der Waals surface area contributed by atoms with Crippen LogP contribution in [0.1, 0.15) is 33.6 Å². The molecule has 0 aromatic rings. The summed E-state index contributed by atoms with van der Waals surface area (Å²) in [4.78, 5) is 10.8. The number of Topliss-reactive ketones (excluding diaryl/α,β-unsaturated/α-hetero) is 1. The Morgan fingerprint density at radius 1 is 1.55 bits per heavy atom. The fourth-order valence-corrected chi connectivity index (χ4v) is 0.764. The molecule has 1 atom stereocenters. The Kier molecular flexibility index (Phi) is 6.13. The molecule has 0 aliphatic heterocycles. The van der Waals surface area contributed by atoms with Gasteiger partial charge in [0.05, 0.1) is 0 Å². The summed E-state index contributed by atoms with van der Waals surface area (Å²) >= 11 is 0. The van der Waals surface area contributed by atoms with Gasteiger partial charge in [-0.2, -0.15) is 0 Å². The SMILES string of the molecule is CCCCNCC(C)C(C)=O. The van der Waals surface area contributed by atoms with E-state index < -0.39 is 0 Å². The van der Waals surface area contributed by atoms with Crippen molar-refractivity contribution in [3.8, 4) is 0 Å². The van der Waals surface area contributed by atoms with E-state index in [4.69, 9.17) is 0 Å². The van der Waals surface area contributed by atoms with Gasteiger partial charge in [-0.1, -0.05) is 20.3 Å². The van der Waals surface area contributed by atoms with Crippen LogP contribution < -0.4 is 5.32 Å². The monoisotopic (exact) mass is 157 g/mol. The molecule has 2 heteroatoms. The Balaban J connectivity index is 3.17. The van der Waals surface area contributed by atoms with E-state index in [9.17, 15) is 4.79 Å². The molecule has 0 saturated heterocycles. The second-order valence-corrected chi connectivity index (χ2v) is 3.07. The molecular weight excluding hydrogens is 138 g/mol. The number of hydrogen-bond donors (Lipinski definition) is 1. The first-order valence-corrected chi connectivity index (χ1v) is 4.39. The minimum absolute atomic E-state index is 0.173. The normalized spacial score (nSPS) is 13.0. The van der Waals surface area contributed by atoms with Gasteiger partial charge in [0.1, 0.15) is 5.78 Å². The molecule has 0 saturated carbocycles. The first-order valence-electron chi connectivity index (χ1n) is 4.39. The fourth-order valence-electron chi connectivity index (χ4n) is 0.764. The molecule has 1 unspecified atom stereocenters. The van der Waals surface area contributed by atoms with Crippen LogP contribution in [0.25, 0.3) is 0 Å². The Morgan fingerprint density at radius 2 is 2.18 bits per heavy atom. The summed E-state index contributed by atoms with van der Waals surface area (Å²) in [5.41, 5.74) is 0. The van der Waals surface area contributed by atoms with Crippen molar-refractivity contribution >= 4 is 5.78 Å². The van der Waals surface area contributed by atoms with Gasteiger partial charge in [0.25, 0.3) is 0 Å². The second kappa shape index (κ2) is 6.35. The summed E-state index contributed by atoms with van der Waals surface area (Å²) < 4.78 is 0. The molecule has 2 nitrogen and oxygen atoms in total. The molecule has 0 aliphatic carbocycles. The highest BCUT2D eigenvalue weighted by Crippen LogP contribution is 1.93. The Labute approximate surface area is 69.4 Å². The highest BCUT2D eigenvalue weighted by atomic mass is 16.1. The lowest BCUT2D eigenvalue weighted by molar-refractivity contribution is -0.120. The number of carbonyl (C=O) groups excluding carboxylic acids is 1. The molecule has 0 fully saturated rings. The number of carbonyl (C=O) groups is 1. The van der Waals surface area contributed by atoms with Crippen molar-refractivity contribution in [3.05, 3.63) is 0 Å². The molecule has 0 aliphatic rings. The standard InChI is InChI=1S/C9H19NO/c1-4-5-6-10-7-8(2)9(3)11/h8,10H,4-7H2,1-3H3. The number of nitrogens with one attached hydrogen (secondary N) is 1. The second-order valence-electron chi connectivity index (χ2n) is 3.07. The van der Waals surface area contributed by atoms with Crippen LogP contribution in [0.3, 0.4) is 0 Å². The molecule has 0 spiro atoms. The summed E-state index contributed by atoms with van der Waals surface area (Å²) in [6.07, 6.45) is 2.41. The van der Waals surface area contributed by atoms with Crippen LogP contribution in [0.5, 0.6) is 0 Å². The fraction of sp³-hybridized carbons (Fsp3) is 0.889. The highest BCUT2D eigenvalue weighted by molar-refractivity contribution is 5.78. The topological polar surface area (TPSA) is 29.1 Å². The van der Waals surface area contributed by atoms with E-state index in [2.05, 4.69) is 12.2 Å². The molecule has 66 valence electrons. The van der Waals surface area contributed by atoms with Gasteiger partial charge >= 0.3 is 0 Å². The quantitative estimate of drug-likeness (QED) is 0.593. The Hall–Kier alpha value is -0.370. The maximum absolute atomic E-state index is 10.8. The number of unbranched alkanes of at least 4 members (excludes halogenated alkanes) is 1. The van der Waals surface area contributed by atoms with Crippen molar-refractivity contribution in [2.45, 2.75) is 33.6 Å². The zero-order chi connectivity index (χ0) is 8.69. The van der Waals surface area contributed by atoms with Crippen LogP contribution in [-0.4, -0.2) is 18.9 Å². The number of hydrogen-bond acceptors (Lipinski definition) is 2. The van der Waals surface area contributed by atoms with Crippen molar-refractivity contribution in [1.29, 1.82) is 0 Å². The number of rotatable bonds is 6. The van der Waals surface area contributed by atoms with Crippen LogP contribution in [0.4, 0.5) is 0 Å². The Morgan fingerprint density at radius 3 is 2.64 bits per heavy atom. The van der Waals surface area contributed by atoms with Crippen LogP contribution in [0.2, 0.25) is 0 Å².